The van der Waals surface area contributed by atoms with Crippen molar-refractivity contribution in [3.05, 3.63) is 28.8 Å². The molecule has 0 saturated carbocycles. The van der Waals surface area contributed by atoms with Gasteiger partial charge in [-0.15, -0.1) is 0 Å². The highest BCUT2D eigenvalue weighted by Gasteiger charge is 2.52. The van der Waals surface area contributed by atoms with E-state index in [-0.39, 0.29) is 71.7 Å². The smallest absolute Gasteiger partial charge is 0.303 e. The summed E-state index contributed by atoms with van der Waals surface area (Å²) in [5, 5.41) is 99.8. The molecule has 6 aliphatic rings. The van der Waals surface area contributed by atoms with E-state index in [1.54, 1.807) is 53.7 Å². The molecule has 5 saturated heterocycles. The molecule has 5 aliphatic heterocycles. The van der Waals surface area contributed by atoms with E-state index in [0.29, 0.717) is 0 Å². The van der Waals surface area contributed by atoms with E-state index in [1.807, 2.05) is 0 Å². The number of esters is 1. The first-order chi connectivity index (χ1) is 37.6. The lowest BCUT2D eigenvalue weighted by Crippen LogP contribution is -2.59. The third-order valence-electron chi connectivity index (χ3n) is 16.4. The molecule has 0 bridgehead atoms. The normalized spacial score (nSPS) is 40.9. The van der Waals surface area contributed by atoms with Crippen LogP contribution in [0.15, 0.2) is 12.1 Å². The number of aliphatic hydroxyl groups excluding tert-OH is 6. The van der Waals surface area contributed by atoms with Gasteiger partial charge in [0.25, 0.3) is 0 Å². The fraction of sp³-hybridized carbons (Fsp3) is 0.764. The molecular weight excluding hydrogens is 1060 g/mol. The number of carbonyl (C=O) groups is 3. The number of hydrogen-bond donors (Lipinski definition) is 9. The first kappa shape index (κ1) is 62.2. The zero-order valence-corrected chi connectivity index (χ0v) is 46.8. The summed E-state index contributed by atoms with van der Waals surface area (Å²) in [6, 6.07) is 3.09. The lowest BCUT2D eigenvalue weighted by Gasteiger charge is -2.46. The number of fused-ring (bicyclic) bond motifs is 2. The highest BCUT2D eigenvalue weighted by atomic mass is 16.7. The summed E-state index contributed by atoms with van der Waals surface area (Å²) >= 11 is 0. The summed E-state index contributed by atoms with van der Waals surface area (Å²) in [7, 11) is 2.69. The number of phenolic OH excluding ortho intramolecular Hbond substituents is 2. The minimum atomic E-state index is -1.95. The lowest BCUT2D eigenvalue weighted by molar-refractivity contribution is -0.334. The SMILES string of the molecule is CO[C@@H]1[C@@H](C)O[C@@H](Oc2cc3cc4c(c(O)c3c(O)c2C)C(=O)[C@@H](O[C@H]2C[C@@H](OC3C[C@@H](O[C@H]5C[C@](C)(O)[C@H](OC(C)=O)[C@@H](C)O5)[C@@H](O)[C@@H](C)O3)[C@H](O)[C@@H](C)O2)[C@H]([C@H](OC)C(=O)[C@@H](O)[C@@H](C)O)C4)C[C@H]1O[C@H]1C[C@@H](O)[C@H](O)[C@@H](C)O1. The molecule has 1 aliphatic carbocycles. The third kappa shape index (κ3) is 12.9. The van der Waals surface area contributed by atoms with Crippen LogP contribution in [0.5, 0.6) is 17.2 Å². The molecule has 1 unspecified atom stereocenters. The molecule has 0 radical (unpaired) electrons. The average molecular weight is 1140 g/mol. The number of aromatic hydroxyl groups is 2. The van der Waals surface area contributed by atoms with E-state index in [2.05, 4.69) is 0 Å². The van der Waals surface area contributed by atoms with Gasteiger partial charge in [-0.25, -0.2) is 0 Å². The van der Waals surface area contributed by atoms with Gasteiger partial charge in [-0.2, -0.15) is 0 Å². The lowest BCUT2D eigenvalue weighted by atomic mass is 9.75. The molecule has 25 heteroatoms. The Morgan fingerprint density at radius 1 is 0.713 bits per heavy atom. The Bertz CT molecular complexity index is 2500. The van der Waals surface area contributed by atoms with Gasteiger partial charge in [0.15, 0.2) is 42.8 Å². The third-order valence-corrected chi connectivity index (χ3v) is 16.4. The number of phenols is 2. The zero-order valence-electron chi connectivity index (χ0n) is 46.8. The molecule has 2 aromatic carbocycles. The van der Waals surface area contributed by atoms with Gasteiger partial charge in [-0.05, 0) is 84.9 Å². The molecule has 0 spiro atoms. The van der Waals surface area contributed by atoms with Crippen molar-refractivity contribution in [2.45, 2.75) is 248 Å². The number of carbonyl (C=O) groups excluding carboxylic acids is 3. The van der Waals surface area contributed by atoms with Crippen molar-refractivity contribution in [1.29, 1.82) is 0 Å². The van der Waals surface area contributed by atoms with Crippen LogP contribution in [0.2, 0.25) is 0 Å². The summed E-state index contributed by atoms with van der Waals surface area (Å²) in [6.07, 6.45) is -25.6. The van der Waals surface area contributed by atoms with Crippen LogP contribution < -0.4 is 4.74 Å². The Hall–Kier alpha value is -3.81. The number of Topliss-reactive ketones (excluding diaryl/α,β-unsaturated/α-hetero) is 2. The van der Waals surface area contributed by atoms with E-state index >= 15 is 4.79 Å². The fourth-order valence-electron chi connectivity index (χ4n) is 12.1. The average Bonchev–Trinajstić information content (AvgIpc) is 3.47. The molecule has 5 heterocycles. The fourth-order valence-corrected chi connectivity index (χ4v) is 12.1. The first-order valence-corrected chi connectivity index (χ1v) is 27.3. The molecule has 5 fully saturated rings. The van der Waals surface area contributed by atoms with E-state index in [1.165, 1.54) is 35.0 Å². The number of methoxy groups -OCH3 is 2. The number of hydrogen-bond acceptors (Lipinski definition) is 25. The van der Waals surface area contributed by atoms with Crippen LogP contribution in [0.25, 0.3) is 10.8 Å². The number of rotatable bonds is 17. The summed E-state index contributed by atoms with van der Waals surface area (Å²) in [6.45, 7) is 13.6. The maximum atomic E-state index is 15.1. The molecule has 8 rings (SSSR count). The highest BCUT2D eigenvalue weighted by molar-refractivity contribution is 6.11. The summed E-state index contributed by atoms with van der Waals surface area (Å²) in [4.78, 5) is 40.8. The minimum absolute atomic E-state index is 0.00406. The van der Waals surface area contributed by atoms with Crippen molar-refractivity contribution in [3.8, 4) is 17.2 Å². The van der Waals surface area contributed by atoms with E-state index in [4.69, 9.17) is 61.6 Å². The Labute approximate surface area is 463 Å². The Morgan fingerprint density at radius 2 is 1.25 bits per heavy atom. The topological polar surface area (TPSA) is 353 Å². The summed E-state index contributed by atoms with van der Waals surface area (Å²) in [5.41, 5.74) is -1.43. The monoisotopic (exact) mass is 1140 g/mol. The van der Waals surface area contributed by atoms with E-state index in [0.717, 1.165) is 0 Å². The van der Waals surface area contributed by atoms with Crippen LogP contribution in [0.1, 0.15) is 109 Å². The van der Waals surface area contributed by atoms with Crippen molar-refractivity contribution in [1.82, 2.24) is 0 Å². The molecule has 0 aromatic heterocycles. The van der Waals surface area contributed by atoms with Gasteiger partial charge >= 0.3 is 5.97 Å². The molecular formula is C55H80O25. The van der Waals surface area contributed by atoms with Gasteiger partial charge in [0.05, 0.1) is 72.0 Å². The van der Waals surface area contributed by atoms with Gasteiger partial charge in [0, 0.05) is 64.7 Å². The van der Waals surface area contributed by atoms with Crippen molar-refractivity contribution in [3.63, 3.8) is 0 Å². The summed E-state index contributed by atoms with van der Waals surface area (Å²) < 4.78 is 78.6. The molecule has 9 N–H and O–H groups in total. The Morgan fingerprint density at radius 3 is 1.81 bits per heavy atom. The highest BCUT2D eigenvalue weighted by Crippen LogP contribution is 2.48. The van der Waals surface area contributed by atoms with Gasteiger partial charge < -0.3 is 108 Å². The largest absolute Gasteiger partial charge is 0.507 e. The Kier molecular flexibility index (Phi) is 19.6. The number of ether oxygens (including phenoxy) is 13. The van der Waals surface area contributed by atoms with Crippen LogP contribution >= 0.6 is 0 Å². The molecule has 80 heavy (non-hydrogen) atoms. The standard InChI is InChI=1S/C55H80O25/c1-20-32(76-38-18-35(51(68-10)25(6)73-38)79-36-15-31(58)45(61)22(3)70-36)14-29-12-28-13-30(52(69-11)50(66)44(60)21(2)56)53(49(65)42(28)48(64)41(29)43(20)59)80-39-17-33(46(62)24(5)72-39)77-37-16-34(47(63)23(4)71-37)78-40-19-55(9,67)54(26(7)74-40)75-27(8)57/h12,14,21-26,30-31,33-40,44-47,51-54,56,58-64,67H,13,15-19H2,1-11H3/t21-,22-,23-,24-,25-,26-,30+,31-,33-,34-,35-,36+,37?,38+,39+,40+,44+,45-,46-,47+,51-,52+,53+,54-,55+/m1/s1. The van der Waals surface area contributed by atoms with Gasteiger partial charge in [0.1, 0.15) is 65.6 Å². The van der Waals surface area contributed by atoms with Crippen LogP contribution in [-0.2, 0) is 72.9 Å². The van der Waals surface area contributed by atoms with Gasteiger partial charge in [0.2, 0.25) is 6.29 Å². The number of aliphatic hydroxyl groups is 7. The van der Waals surface area contributed by atoms with Crippen LogP contribution in [-0.4, -0.2) is 225 Å². The quantitative estimate of drug-likeness (QED) is 0.0997. The second-order valence-corrected chi connectivity index (χ2v) is 22.5. The first-order valence-electron chi connectivity index (χ1n) is 27.3. The van der Waals surface area contributed by atoms with Crippen molar-refractivity contribution >= 4 is 28.3 Å². The van der Waals surface area contributed by atoms with E-state index < -0.39 is 182 Å². The molecule has 450 valence electrons. The van der Waals surface area contributed by atoms with Gasteiger partial charge in [-0.3, -0.25) is 14.4 Å². The van der Waals surface area contributed by atoms with Crippen LogP contribution in [0, 0.1) is 12.8 Å². The maximum absolute atomic E-state index is 15.1. The zero-order chi connectivity index (χ0) is 58.6. The molecule has 25 nitrogen and oxygen atoms in total. The second-order valence-electron chi connectivity index (χ2n) is 22.5. The molecule has 2 aromatic rings. The number of benzene rings is 2. The van der Waals surface area contributed by atoms with Crippen LogP contribution in [0.3, 0.4) is 0 Å². The van der Waals surface area contributed by atoms with Crippen molar-refractivity contribution < 1.29 is 122 Å². The summed E-state index contributed by atoms with van der Waals surface area (Å²) in [5.74, 6) is -4.58. The van der Waals surface area contributed by atoms with Crippen molar-refractivity contribution in [2.75, 3.05) is 14.2 Å². The Balaban J connectivity index is 1.03. The minimum Gasteiger partial charge on any atom is -0.507 e. The molecule has 25 atom stereocenters. The van der Waals surface area contributed by atoms with Crippen molar-refractivity contribution in [2.24, 2.45) is 5.92 Å². The predicted octanol–water partition coefficient (Wildman–Crippen LogP) is 0.976. The molecule has 0 amide bonds. The van der Waals surface area contributed by atoms with Crippen LogP contribution in [0.4, 0.5) is 0 Å². The maximum Gasteiger partial charge on any atom is 0.303 e. The van der Waals surface area contributed by atoms with E-state index in [9.17, 15) is 55.5 Å². The number of ketones is 2. The predicted molar refractivity (Wildman–Crippen MR) is 273 cm³/mol. The van der Waals surface area contributed by atoms with Gasteiger partial charge in [-0.1, -0.05) is 0 Å². The second kappa shape index (κ2) is 25.2.